The maximum atomic E-state index is 12.6. The van der Waals surface area contributed by atoms with Crippen LogP contribution >= 0.6 is 0 Å². The number of para-hydroxylation sites is 2. The van der Waals surface area contributed by atoms with Crippen LogP contribution in [0, 0.1) is 0 Å². The first-order valence-corrected chi connectivity index (χ1v) is 15.1. The summed E-state index contributed by atoms with van der Waals surface area (Å²) in [6.07, 6.45) is -1.25. The Kier molecular flexibility index (Phi) is 15.7. The van der Waals surface area contributed by atoms with E-state index in [1.54, 1.807) is 60.7 Å². The first-order chi connectivity index (χ1) is 22.8. The molecule has 0 aliphatic rings. The topological polar surface area (TPSA) is 148 Å². The average Bonchev–Trinajstić information content (AvgIpc) is 3.09. The van der Waals surface area contributed by atoms with Crippen molar-refractivity contribution in [2.45, 2.75) is 45.1 Å². The summed E-state index contributed by atoms with van der Waals surface area (Å²) in [5, 5.41) is 5.34. The molecular formula is C35H40N2O10. The van der Waals surface area contributed by atoms with Crippen molar-refractivity contribution in [1.82, 2.24) is 10.6 Å². The van der Waals surface area contributed by atoms with Crippen LogP contribution in [0.2, 0.25) is 0 Å². The maximum Gasteiger partial charge on any atom is 0.407 e. The predicted octanol–water partition coefficient (Wildman–Crippen LogP) is 5.11. The number of carbonyl (C=O) groups is 4. The minimum Gasteiger partial charge on any atom is -0.490 e. The molecule has 3 aromatic rings. The van der Waals surface area contributed by atoms with E-state index in [4.69, 9.17) is 28.4 Å². The number of amides is 2. The number of benzene rings is 3. The second kappa shape index (κ2) is 20.5. The fourth-order valence-corrected chi connectivity index (χ4v) is 3.92. The highest BCUT2D eigenvalue weighted by Gasteiger charge is 2.19. The van der Waals surface area contributed by atoms with E-state index < -0.39 is 30.4 Å². The molecule has 2 atom stereocenters. The molecule has 250 valence electrons. The van der Waals surface area contributed by atoms with Gasteiger partial charge in [0.15, 0.2) is 12.2 Å². The SMILES string of the molecule is C=CC(=O)OCC(COc1ccccc1)OC(=O)NCc1cccc(CNC(=O)OC(COC(=O)CCC)COc2ccccc2)c1. The number of hydrogen-bond donors (Lipinski definition) is 2. The Morgan fingerprint density at radius 2 is 1.17 bits per heavy atom. The number of hydrogen-bond acceptors (Lipinski definition) is 10. The fraction of sp³-hybridized carbons (Fsp3) is 0.314. The second-order valence-electron chi connectivity index (χ2n) is 10.1. The molecular weight excluding hydrogens is 608 g/mol. The van der Waals surface area contributed by atoms with Crippen molar-refractivity contribution in [2.24, 2.45) is 0 Å². The molecule has 47 heavy (non-hydrogen) atoms. The summed E-state index contributed by atoms with van der Waals surface area (Å²) in [4.78, 5) is 48.6. The van der Waals surface area contributed by atoms with E-state index in [-0.39, 0.29) is 51.9 Å². The summed E-state index contributed by atoms with van der Waals surface area (Å²) in [5.74, 6) is 0.113. The van der Waals surface area contributed by atoms with Gasteiger partial charge in [-0.2, -0.15) is 0 Å². The van der Waals surface area contributed by atoms with E-state index in [0.29, 0.717) is 17.9 Å². The van der Waals surface area contributed by atoms with Crippen molar-refractivity contribution in [1.29, 1.82) is 0 Å². The minimum atomic E-state index is -0.877. The minimum absolute atomic E-state index is 0.00990. The van der Waals surface area contributed by atoms with Crippen molar-refractivity contribution in [3.63, 3.8) is 0 Å². The number of esters is 2. The monoisotopic (exact) mass is 648 g/mol. The molecule has 0 aromatic heterocycles. The molecule has 2 N–H and O–H groups in total. The van der Waals surface area contributed by atoms with E-state index in [2.05, 4.69) is 17.2 Å². The van der Waals surface area contributed by atoms with Gasteiger partial charge in [-0.3, -0.25) is 4.79 Å². The van der Waals surface area contributed by atoms with Gasteiger partial charge in [0.05, 0.1) is 0 Å². The molecule has 2 amide bonds. The molecule has 0 aliphatic carbocycles. The third kappa shape index (κ3) is 14.9. The first-order valence-electron chi connectivity index (χ1n) is 15.1. The van der Waals surface area contributed by atoms with Crippen LogP contribution in [0.4, 0.5) is 9.59 Å². The maximum absolute atomic E-state index is 12.6. The van der Waals surface area contributed by atoms with Crippen LogP contribution in [-0.2, 0) is 41.6 Å². The Morgan fingerprint density at radius 3 is 1.64 bits per heavy atom. The molecule has 0 aliphatic heterocycles. The Balaban J connectivity index is 1.48. The van der Waals surface area contributed by atoms with Crippen LogP contribution in [0.15, 0.2) is 97.6 Å². The van der Waals surface area contributed by atoms with E-state index in [1.807, 2.05) is 31.2 Å². The van der Waals surface area contributed by atoms with Crippen molar-refractivity contribution in [3.8, 4) is 11.5 Å². The van der Waals surface area contributed by atoms with E-state index in [1.165, 1.54) is 0 Å². The zero-order valence-corrected chi connectivity index (χ0v) is 26.3. The summed E-state index contributed by atoms with van der Waals surface area (Å²) in [6, 6.07) is 25.1. The van der Waals surface area contributed by atoms with Crippen molar-refractivity contribution < 1.29 is 47.6 Å². The average molecular weight is 649 g/mol. The van der Waals surface area contributed by atoms with Gasteiger partial charge < -0.3 is 39.1 Å². The van der Waals surface area contributed by atoms with Crippen molar-refractivity contribution in [2.75, 3.05) is 26.4 Å². The number of nitrogens with one attached hydrogen (secondary N) is 2. The van der Waals surface area contributed by atoms with Gasteiger partial charge >= 0.3 is 24.1 Å². The molecule has 3 aromatic carbocycles. The van der Waals surface area contributed by atoms with Crippen LogP contribution in [0.5, 0.6) is 11.5 Å². The van der Waals surface area contributed by atoms with Gasteiger partial charge in [0.2, 0.25) is 0 Å². The van der Waals surface area contributed by atoms with Gasteiger partial charge in [0.1, 0.15) is 37.9 Å². The van der Waals surface area contributed by atoms with Crippen molar-refractivity contribution >= 4 is 24.1 Å². The third-order valence-corrected chi connectivity index (χ3v) is 6.23. The largest absolute Gasteiger partial charge is 0.490 e. The summed E-state index contributed by atoms with van der Waals surface area (Å²) in [7, 11) is 0. The van der Waals surface area contributed by atoms with Gasteiger partial charge in [0.25, 0.3) is 0 Å². The van der Waals surface area contributed by atoms with Crippen LogP contribution < -0.4 is 20.1 Å². The lowest BCUT2D eigenvalue weighted by Gasteiger charge is -2.19. The summed E-state index contributed by atoms with van der Waals surface area (Å²) in [6.45, 7) is 5.06. The Bertz CT molecular complexity index is 1420. The Labute approximate surface area is 273 Å². The van der Waals surface area contributed by atoms with Crippen LogP contribution in [-0.4, -0.2) is 62.8 Å². The first kappa shape index (κ1) is 36.0. The molecule has 0 fully saturated rings. The number of alkyl carbamates (subject to hydrolysis) is 2. The third-order valence-electron chi connectivity index (χ3n) is 6.23. The van der Waals surface area contributed by atoms with Crippen LogP contribution in [0.25, 0.3) is 0 Å². The fourth-order valence-electron chi connectivity index (χ4n) is 3.92. The number of ether oxygens (including phenoxy) is 6. The summed E-state index contributed by atoms with van der Waals surface area (Å²) < 4.78 is 32.6. The van der Waals surface area contributed by atoms with Gasteiger partial charge in [-0.05, 0) is 41.8 Å². The molecule has 12 heteroatoms. The van der Waals surface area contributed by atoms with Gasteiger partial charge in [0, 0.05) is 25.6 Å². The highest BCUT2D eigenvalue weighted by atomic mass is 16.6. The Hall–Kier alpha value is -5.52. The number of rotatable bonds is 19. The standard InChI is InChI=1S/C35H40N2O10/c1-3-12-33(39)45-25-31(23-43-29-17-9-6-10-18-29)47-35(41)37-21-27-14-11-13-26(19-27)20-36-34(40)46-30(24-44-32(38)4-2)22-42-28-15-7-5-8-16-28/h4-11,13-19,30-31H,2-3,12,20-25H2,1H3,(H,36,40)(H,37,41). The van der Waals surface area contributed by atoms with Gasteiger partial charge in [-0.25, -0.2) is 14.4 Å². The lowest BCUT2D eigenvalue weighted by molar-refractivity contribution is -0.147. The molecule has 2 unspecified atom stereocenters. The smallest absolute Gasteiger partial charge is 0.407 e. The summed E-state index contributed by atoms with van der Waals surface area (Å²) >= 11 is 0. The predicted molar refractivity (Wildman–Crippen MR) is 172 cm³/mol. The van der Waals surface area contributed by atoms with E-state index in [9.17, 15) is 19.2 Å². The molecule has 0 radical (unpaired) electrons. The lowest BCUT2D eigenvalue weighted by Crippen LogP contribution is -2.35. The van der Waals surface area contributed by atoms with Gasteiger partial charge in [-0.1, -0.05) is 74.2 Å². The molecule has 0 heterocycles. The second-order valence-corrected chi connectivity index (χ2v) is 10.1. The molecule has 3 rings (SSSR count). The van der Waals surface area contributed by atoms with Gasteiger partial charge in [-0.15, -0.1) is 0 Å². The summed E-state index contributed by atoms with van der Waals surface area (Å²) in [5.41, 5.74) is 1.48. The molecule has 0 bridgehead atoms. The van der Waals surface area contributed by atoms with E-state index in [0.717, 1.165) is 17.2 Å². The Morgan fingerprint density at radius 1 is 0.681 bits per heavy atom. The highest BCUT2D eigenvalue weighted by Crippen LogP contribution is 2.12. The molecule has 0 saturated heterocycles. The quantitative estimate of drug-likeness (QED) is 0.102. The van der Waals surface area contributed by atoms with Crippen LogP contribution in [0.3, 0.4) is 0 Å². The molecule has 0 saturated carbocycles. The lowest BCUT2D eigenvalue weighted by atomic mass is 10.1. The molecule has 0 spiro atoms. The molecule has 12 nitrogen and oxygen atoms in total. The van der Waals surface area contributed by atoms with Crippen molar-refractivity contribution in [3.05, 3.63) is 109 Å². The zero-order chi connectivity index (χ0) is 33.7. The number of carbonyl (C=O) groups excluding carboxylic acids is 4. The zero-order valence-electron chi connectivity index (χ0n) is 26.3. The van der Waals surface area contributed by atoms with Crippen LogP contribution in [0.1, 0.15) is 30.9 Å². The highest BCUT2D eigenvalue weighted by molar-refractivity contribution is 5.81. The van der Waals surface area contributed by atoms with E-state index >= 15 is 0 Å². The normalized spacial score (nSPS) is 11.6.